The van der Waals surface area contributed by atoms with Crippen LogP contribution in [0.2, 0.25) is 0 Å². The second-order valence-electron chi connectivity index (χ2n) is 3.40. The minimum atomic E-state index is -0.717. The van der Waals surface area contributed by atoms with Crippen LogP contribution in [0.1, 0.15) is 12.6 Å². The largest absolute Gasteiger partial charge is 0.381 e. The summed E-state index contributed by atoms with van der Waals surface area (Å²) in [4.78, 5) is 0. The number of halogens is 3. The van der Waals surface area contributed by atoms with Gasteiger partial charge in [0.05, 0.1) is 10.2 Å². The molecular weight excluding hydrogens is 294 g/mol. The van der Waals surface area contributed by atoms with Crippen LogP contribution in [0.15, 0.2) is 16.6 Å². The SMILES string of the molecule is CCc1c(N)nnn1-c1cc(Br)c(F)cc1F. The number of hydrogen-bond donors (Lipinski definition) is 1. The van der Waals surface area contributed by atoms with E-state index < -0.39 is 11.6 Å². The molecule has 7 heteroatoms. The van der Waals surface area contributed by atoms with Gasteiger partial charge in [-0.25, -0.2) is 13.5 Å². The molecule has 0 fully saturated rings. The van der Waals surface area contributed by atoms with Gasteiger partial charge in [-0.3, -0.25) is 0 Å². The Bertz CT molecular complexity index is 568. The molecule has 0 aliphatic carbocycles. The average molecular weight is 303 g/mol. The van der Waals surface area contributed by atoms with Gasteiger partial charge in [0.15, 0.2) is 11.6 Å². The topological polar surface area (TPSA) is 56.7 Å². The summed E-state index contributed by atoms with van der Waals surface area (Å²) < 4.78 is 28.2. The first-order chi connectivity index (χ1) is 8.04. The molecule has 2 aromatic rings. The maximum Gasteiger partial charge on any atom is 0.169 e. The minimum absolute atomic E-state index is 0.110. The molecule has 0 spiro atoms. The van der Waals surface area contributed by atoms with Crippen LogP contribution < -0.4 is 5.73 Å². The fourth-order valence-electron chi connectivity index (χ4n) is 1.51. The number of nitrogens with zero attached hydrogens (tertiary/aromatic N) is 3. The standard InChI is InChI=1S/C10H9BrF2N4/c1-2-8-10(14)15-16-17(8)9-3-5(11)6(12)4-7(9)13/h3-4H,2,14H2,1H3. The smallest absolute Gasteiger partial charge is 0.169 e. The fraction of sp³-hybridized carbons (Fsp3) is 0.200. The molecule has 4 nitrogen and oxygen atoms in total. The summed E-state index contributed by atoms with van der Waals surface area (Å²) >= 11 is 3.00. The van der Waals surface area contributed by atoms with E-state index in [4.69, 9.17) is 5.73 Å². The number of anilines is 1. The first-order valence-electron chi connectivity index (χ1n) is 4.89. The lowest BCUT2D eigenvalue weighted by Gasteiger charge is -2.07. The zero-order chi connectivity index (χ0) is 12.6. The van der Waals surface area contributed by atoms with Crippen LogP contribution in [-0.4, -0.2) is 15.0 Å². The Morgan fingerprint density at radius 1 is 1.35 bits per heavy atom. The molecule has 0 bridgehead atoms. The molecule has 0 saturated carbocycles. The van der Waals surface area contributed by atoms with Crippen molar-refractivity contribution < 1.29 is 8.78 Å². The third kappa shape index (κ3) is 2.02. The van der Waals surface area contributed by atoms with Gasteiger partial charge < -0.3 is 5.73 Å². The number of benzene rings is 1. The number of hydrogen-bond acceptors (Lipinski definition) is 3. The van der Waals surface area contributed by atoms with Crippen LogP contribution in [0.5, 0.6) is 0 Å². The highest BCUT2D eigenvalue weighted by Crippen LogP contribution is 2.24. The average Bonchev–Trinajstić information content (AvgIpc) is 2.64. The highest BCUT2D eigenvalue weighted by Gasteiger charge is 2.15. The predicted octanol–water partition coefficient (Wildman–Crippen LogP) is 2.45. The lowest BCUT2D eigenvalue weighted by Crippen LogP contribution is -2.05. The molecule has 0 atom stereocenters. The Balaban J connectivity index is 2.64. The highest BCUT2D eigenvalue weighted by molar-refractivity contribution is 9.10. The zero-order valence-corrected chi connectivity index (χ0v) is 10.5. The molecule has 0 radical (unpaired) electrons. The van der Waals surface area contributed by atoms with Gasteiger partial charge >= 0.3 is 0 Å². The summed E-state index contributed by atoms with van der Waals surface area (Å²) in [5.41, 5.74) is 6.30. The van der Waals surface area contributed by atoms with Crippen molar-refractivity contribution in [3.63, 3.8) is 0 Å². The van der Waals surface area contributed by atoms with E-state index in [0.29, 0.717) is 12.1 Å². The van der Waals surface area contributed by atoms with Crippen molar-refractivity contribution in [2.75, 3.05) is 5.73 Å². The molecule has 1 aromatic carbocycles. The monoisotopic (exact) mass is 302 g/mol. The third-order valence-electron chi connectivity index (χ3n) is 2.35. The van der Waals surface area contributed by atoms with E-state index in [9.17, 15) is 8.78 Å². The molecule has 90 valence electrons. The molecule has 17 heavy (non-hydrogen) atoms. The van der Waals surface area contributed by atoms with E-state index in [1.807, 2.05) is 6.92 Å². The Hall–Kier alpha value is -1.50. The minimum Gasteiger partial charge on any atom is -0.381 e. The summed E-state index contributed by atoms with van der Waals surface area (Å²) in [7, 11) is 0. The molecular formula is C10H9BrF2N4. The van der Waals surface area contributed by atoms with Gasteiger partial charge in [0, 0.05) is 6.07 Å². The quantitative estimate of drug-likeness (QED) is 0.867. The van der Waals surface area contributed by atoms with Crippen molar-refractivity contribution in [1.29, 1.82) is 0 Å². The summed E-state index contributed by atoms with van der Waals surface area (Å²) in [6.07, 6.45) is 0.549. The number of rotatable bonds is 2. The Kier molecular flexibility index (Phi) is 3.10. The van der Waals surface area contributed by atoms with E-state index >= 15 is 0 Å². The second kappa shape index (κ2) is 4.40. The van der Waals surface area contributed by atoms with E-state index in [0.717, 1.165) is 6.07 Å². The van der Waals surface area contributed by atoms with Crippen LogP contribution in [-0.2, 0) is 6.42 Å². The summed E-state index contributed by atoms with van der Waals surface area (Å²) in [5.74, 6) is -1.14. The van der Waals surface area contributed by atoms with Crippen molar-refractivity contribution in [2.24, 2.45) is 0 Å². The zero-order valence-electron chi connectivity index (χ0n) is 8.91. The van der Waals surface area contributed by atoms with Crippen molar-refractivity contribution in [1.82, 2.24) is 15.0 Å². The van der Waals surface area contributed by atoms with Crippen LogP contribution in [0, 0.1) is 11.6 Å². The van der Waals surface area contributed by atoms with E-state index in [2.05, 4.69) is 26.2 Å². The van der Waals surface area contributed by atoms with Gasteiger partial charge in [0.1, 0.15) is 11.5 Å². The summed E-state index contributed by atoms with van der Waals surface area (Å²) in [5, 5.41) is 7.42. The Labute approximate surface area is 105 Å². The first-order valence-corrected chi connectivity index (χ1v) is 5.68. The van der Waals surface area contributed by atoms with Crippen molar-refractivity contribution in [2.45, 2.75) is 13.3 Å². The molecule has 0 amide bonds. The fourth-order valence-corrected chi connectivity index (χ4v) is 1.84. The Morgan fingerprint density at radius 3 is 2.71 bits per heavy atom. The normalized spacial score (nSPS) is 10.8. The van der Waals surface area contributed by atoms with Gasteiger partial charge in [0.25, 0.3) is 0 Å². The van der Waals surface area contributed by atoms with Gasteiger partial charge in [-0.2, -0.15) is 0 Å². The molecule has 0 saturated heterocycles. The van der Waals surface area contributed by atoms with E-state index in [1.54, 1.807) is 0 Å². The molecule has 1 aromatic heterocycles. The second-order valence-corrected chi connectivity index (χ2v) is 4.26. The van der Waals surface area contributed by atoms with Crippen LogP contribution in [0.3, 0.4) is 0 Å². The molecule has 0 aliphatic heterocycles. The first kappa shape index (κ1) is 12.0. The van der Waals surface area contributed by atoms with Crippen LogP contribution in [0.4, 0.5) is 14.6 Å². The Morgan fingerprint density at radius 2 is 2.06 bits per heavy atom. The highest BCUT2D eigenvalue weighted by atomic mass is 79.9. The lowest BCUT2D eigenvalue weighted by molar-refractivity contribution is 0.566. The molecule has 0 aliphatic rings. The van der Waals surface area contributed by atoms with Gasteiger partial charge in [-0.05, 0) is 28.4 Å². The van der Waals surface area contributed by atoms with Crippen molar-refractivity contribution >= 4 is 21.7 Å². The van der Waals surface area contributed by atoms with E-state index in [-0.39, 0.29) is 16.0 Å². The van der Waals surface area contributed by atoms with Gasteiger partial charge in [-0.15, -0.1) is 5.10 Å². The lowest BCUT2D eigenvalue weighted by atomic mass is 10.2. The predicted molar refractivity (Wildman–Crippen MR) is 62.8 cm³/mol. The molecule has 0 unspecified atom stereocenters. The molecule has 2 N–H and O–H groups in total. The van der Waals surface area contributed by atoms with Gasteiger partial charge in [0.2, 0.25) is 0 Å². The van der Waals surface area contributed by atoms with Crippen LogP contribution >= 0.6 is 15.9 Å². The van der Waals surface area contributed by atoms with Crippen molar-refractivity contribution in [3.8, 4) is 5.69 Å². The van der Waals surface area contributed by atoms with E-state index in [1.165, 1.54) is 10.7 Å². The maximum atomic E-state index is 13.7. The number of nitrogens with two attached hydrogens (primary N) is 1. The van der Waals surface area contributed by atoms with Crippen LogP contribution in [0.25, 0.3) is 5.69 Å². The number of nitrogen functional groups attached to an aromatic ring is 1. The van der Waals surface area contributed by atoms with Gasteiger partial charge in [-0.1, -0.05) is 12.1 Å². The number of aromatic nitrogens is 3. The molecule has 2 rings (SSSR count). The van der Waals surface area contributed by atoms with Crippen molar-refractivity contribution in [3.05, 3.63) is 33.9 Å². The summed E-state index contributed by atoms with van der Waals surface area (Å²) in [6, 6.07) is 2.09. The maximum absolute atomic E-state index is 13.7. The third-order valence-corrected chi connectivity index (χ3v) is 2.95. The summed E-state index contributed by atoms with van der Waals surface area (Å²) in [6.45, 7) is 1.85. The molecule has 1 heterocycles.